The number of aliphatic hydroxyl groups excluding tert-OH is 1. The third-order valence-corrected chi connectivity index (χ3v) is 6.02. The quantitative estimate of drug-likeness (QED) is 0.329. The topological polar surface area (TPSA) is 100 Å². The number of hydrogen-bond donors (Lipinski definition) is 1. The molecule has 0 saturated heterocycles. The standard InChI is InChI=1S/C8H8F6N3O5S2/c1-15-2-3-16(5-15)4-6(18)17(23(19,20)7(9,10)11)24(21,22)8(12,13)14/h2-3,5H,4H2,1H3/q+1/p+1. The maximum absolute atomic E-state index is 12.5. The van der Waals surface area contributed by atoms with Crippen LogP contribution >= 0.6 is 0 Å². The van der Waals surface area contributed by atoms with Crippen LogP contribution in [0.4, 0.5) is 26.3 Å². The Morgan fingerprint density at radius 3 is 1.79 bits per heavy atom. The molecule has 1 aromatic heterocycles. The van der Waals surface area contributed by atoms with Gasteiger partial charge in [0.05, 0.1) is 10.4 Å². The molecule has 8 nitrogen and oxygen atoms in total. The van der Waals surface area contributed by atoms with Crippen molar-refractivity contribution in [3.05, 3.63) is 18.7 Å². The van der Waals surface area contributed by atoms with Gasteiger partial charge in [0.2, 0.25) is 12.9 Å². The molecule has 0 atom stereocenters. The van der Waals surface area contributed by atoms with Crippen molar-refractivity contribution >= 4 is 25.9 Å². The van der Waals surface area contributed by atoms with Gasteiger partial charge in [0.15, 0.2) is 0 Å². The van der Waals surface area contributed by atoms with E-state index in [2.05, 4.69) is 0 Å². The fourth-order valence-corrected chi connectivity index (χ4v) is 4.00. The second-order valence-electron chi connectivity index (χ2n) is 4.27. The molecule has 0 saturated carbocycles. The van der Waals surface area contributed by atoms with E-state index in [0.717, 1.165) is 17.1 Å². The molecule has 1 heterocycles. The molecule has 0 fully saturated rings. The number of hydrogen-bond acceptors (Lipinski definition) is 4. The molecule has 0 unspecified atom stereocenters. The summed E-state index contributed by atoms with van der Waals surface area (Å²) in [7, 11) is -12.8. The number of alkyl halides is 6. The van der Waals surface area contributed by atoms with E-state index in [4.69, 9.17) is 0 Å². The summed E-state index contributed by atoms with van der Waals surface area (Å²) in [6.45, 7) is -1.29. The third-order valence-electron chi connectivity index (χ3n) is 2.38. The number of imidazole rings is 1. The van der Waals surface area contributed by atoms with E-state index in [1.54, 1.807) is 0 Å². The van der Waals surface area contributed by atoms with Crippen molar-refractivity contribution < 1.29 is 56.2 Å². The average Bonchev–Trinajstić information content (AvgIpc) is 2.70. The lowest BCUT2D eigenvalue weighted by atomic mass is 10.6. The van der Waals surface area contributed by atoms with Crippen LogP contribution in [-0.4, -0.2) is 46.8 Å². The molecule has 0 bridgehead atoms. The molecule has 0 aliphatic rings. The van der Waals surface area contributed by atoms with E-state index in [1.807, 2.05) is 0 Å². The number of rotatable bonds is 4. The number of halogens is 6. The van der Waals surface area contributed by atoms with Crippen molar-refractivity contribution in [3.63, 3.8) is 0 Å². The van der Waals surface area contributed by atoms with Gasteiger partial charge in [-0.2, -0.15) is 43.2 Å². The fourth-order valence-electron chi connectivity index (χ4n) is 1.41. The van der Waals surface area contributed by atoms with Gasteiger partial charge in [-0.25, -0.2) is 9.13 Å². The smallest absolute Gasteiger partial charge is 0.459 e. The monoisotopic (exact) mass is 405 g/mol. The summed E-state index contributed by atoms with van der Waals surface area (Å²) in [4.78, 5) is 0. The molecule has 0 spiro atoms. The molecule has 1 rings (SSSR count). The number of sulfonamides is 2. The Balaban J connectivity index is 3.70. The van der Waals surface area contributed by atoms with Crippen molar-refractivity contribution in [1.82, 2.24) is 4.57 Å². The summed E-state index contributed by atoms with van der Waals surface area (Å²) in [6, 6.07) is 0. The minimum atomic E-state index is -7.07. The number of aromatic nitrogens is 2. The SMILES string of the molecule is C[n+]1ccn(CC(O)=[N+](S(=O)(=O)C(F)(F)F)S(=O)(=O)C(F)(F)F)c1. The van der Waals surface area contributed by atoms with Gasteiger partial charge in [-0.05, 0) is 0 Å². The molecule has 0 aliphatic heterocycles. The zero-order valence-corrected chi connectivity index (χ0v) is 13.1. The van der Waals surface area contributed by atoms with Gasteiger partial charge in [-0.3, -0.25) is 0 Å². The van der Waals surface area contributed by atoms with Crippen LogP contribution in [0.3, 0.4) is 0 Å². The molecular formula is C8H9F6N3O5S2+2. The fraction of sp³-hybridized carbons (Fsp3) is 0.500. The largest absolute Gasteiger partial charge is 0.561 e. The molecule has 0 amide bonds. The first kappa shape index (κ1) is 20.2. The van der Waals surface area contributed by atoms with Crippen molar-refractivity contribution in [3.8, 4) is 0 Å². The Morgan fingerprint density at radius 1 is 1.08 bits per heavy atom. The summed E-state index contributed by atoms with van der Waals surface area (Å²) in [6.07, 6.45) is 3.32. The summed E-state index contributed by atoms with van der Waals surface area (Å²) < 4.78 is 120. The van der Waals surface area contributed by atoms with Crippen molar-refractivity contribution in [2.75, 3.05) is 0 Å². The summed E-state index contributed by atoms with van der Waals surface area (Å²) >= 11 is 0. The van der Waals surface area contributed by atoms with E-state index < -0.39 is 46.9 Å². The Labute approximate surface area is 131 Å². The number of aliphatic hydroxyl groups is 1. The van der Waals surface area contributed by atoms with E-state index in [1.165, 1.54) is 17.8 Å². The van der Waals surface area contributed by atoms with Crippen LogP contribution in [0, 0.1) is 0 Å². The van der Waals surface area contributed by atoms with E-state index in [9.17, 15) is 48.3 Å². The lowest BCUT2D eigenvalue weighted by Gasteiger charge is -2.09. The highest BCUT2D eigenvalue weighted by atomic mass is 32.3. The molecule has 16 heteroatoms. The van der Waals surface area contributed by atoms with Crippen LogP contribution in [0.5, 0.6) is 0 Å². The van der Waals surface area contributed by atoms with Crippen LogP contribution in [0.2, 0.25) is 0 Å². The van der Waals surface area contributed by atoms with Gasteiger partial charge in [0.1, 0.15) is 12.4 Å². The highest BCUT2D eigenvalue weighted by molar-refractivity contribution is 7.98. The van der Waals surface area contributed by atoms with Crippen LogP contribution in [0.25, 0.3) is 0 Å². The first-order valence-electron chi connectivity index (χ1n) is 5.50. The van der Waals surface area contributed by atoms with Crippen LogP contribution in [0.1, 0.15) is 0 Å². The minimum absolute atomic E-state index is 0.750. The first-order chi connectivity index (χ1) is 10.5. The van der Waals surface area contributed by atoms with E-state index in [-0.39, 0.29) is 0 Å². The second-order valence-corrected chi connectivity index (χ2v) is 8.05. The van der Waals surface area contributed by atoms with Crippen molar-refractivity contribution in [2.24, 2.45) is 7.05 Å². The third kappa shape index (κ3) is 3.63. The molecule has 24 heavy (non-hydrogen) atoms. The van der Waals surface area contributed by atoms with Gasteiger partial charge in [0, 0.05) is 0 Å². The number of nitrogens with zero attached hydrogens (tertiary/aromatic N) is 3. The summed E-state index contributed by atoms with van der Waals surface area (Å²) in [5.74, 6) is -2.21. The van der Waals surface area contributed by atoms with Gasteiger partial charge in [0.25, 0.3) is 0 Å². The summed E-state index contributed by atoms with van der Waals surface area (Å²) in [5.41, 5.74) is -12.8. The molecule has 138 valence electrons. The molecule has 0 radical (unpaired) electrons. The van der Waals surface area contributed by atoms with Crippen LogP contribution < -0.4 is 4.57 Å². The first-order valence-corrected chi connectivity index (χ1v) is 8.38. The minimum Gasteiger partial charge on any atom is -0.459 e. The van der Waals surface area contributed by atoms with Crippen molar-refractivity contribution in [1.29, 1.82) is 0 Å². The maximum atomic E-state index is 12.5. The second kappa shape index (κ2) is 5.91. The zero-order valence-electron chi connectivity index (χ0n) is 11.4. The lowest BCUT2D eigenvalue weighted by Crippen LogP contribution is -2.47. The Hall–Kier alpha value is -1.84. The van der Waals surface area contributed by atoms with E-state index in [0.29, 0.717) is 0 Å². The van der Waals surface area contributed by atoms with Gasteiger partial charge in [-0.1, -0.05) is 0 Å². The van der Waals surface area contributed by atoms with Gasteiger partial charge >= 0.3 is 37.0 Å². The molecule has 0 aliphatic carbocycles. The highest BCUT2D eigenvalue weighted by Crippen LogP contribution is 2.32. The Kier molecular flexibility index (Phi) is 4.97. The van der Waals surface area contributed by atoms with Crippen LogP contribution in [0.15, 0.2) is 18.7 Å². The number of aryl methyl sites for hydroxylation is 1. The predicted octanol–water partition coefficient (Wildman–Crippen LogP) is -0.0192. The lowest BCUT2D eigenvalue weighted by molar-refractivity contribution is -0.671. The maximum Gasteiger partial charge on any atom is 0.561 e. The highest BCUT2D eigenvalue weighted by Gasteiger charge is 2.68. The zero-order chi connectivity index (χ0) is 19.1. The van der Waals surface area contributed by atoms with Crippen molar-refractivity contribution in [2.45, 2.75) is 17.6 Å². The normalized spacial score (nSPS) is 13.8. The Bertz CT molecular complexity index is 819. The predicted molar refractivity (Wildman–Crippen MR) is 63.5 cm³/mol. The molecule has 1 N–H and O–H groups in total. The molecule has 1 aromatic rings. The van der Waals surface area contributed by atoms with Gasteiger partial charge in [-0.15, -0.1) is 0 Å². The van der Waals surface area contributed by atoms with Gasteiger partial charge < -0.3 is 5.11 Å². The summed E-state index contributed by atoms with van der Waals surface area (Å²) in [5, 5.41) is 9.42. The molecule has 0 aromatic carbocycles. The van der Waals surface area contributed by atoms with E-state index >= 15 is 0 Å². The molecular weight excluding hydrogens is 396 g/mol. The Morgan fingerprint density at radius 2 is 1.50 bits per heavy atom. The van der Waals surface area contributed by atoms with Crippen LogP contribution in [-0.2, 0) is 33.6 Å². The average molecular weight is 405 g/mol.